The molecular weight excluding hydrogens is 233 g/mol. The largest absolute Gasteiger partial charge is 0.494 e. The van der Waals surface area contributed by atoms with Crippen molar-refractivity contribution in [3.05, 3.63) is 29.6 Å². The van der Waals surface area contributed by atoms with E-state index in [1.165, 1.54) is 13.2 Å². The molecule has 1 unspecified atom stereocenters. The summed E-state index contributed by atoms with van der Waals surface area (Å²) < 4.78 is 18.5. The number of piperazine rings is 1. The molecule has 1 saturated heterocycles. The predicted octanol–water partition coefficient (Wildman–Crippen LogP) is 0.739. The number of methoxy groups -OCH3 is 1. The zero-order chi connectivity index (χ0) is 13.0. The number of rotatable bonds is 4. The molecule has 0 spiro atoms. The molecule has 1 heterocycles. The van der Waals surface area contributed by atoms with Crippen molar-refractivity contribution >= 4 is 0 Å². The summed E-state index contributed by atoms with van der Waals surface area (Å²) in [6.45, 7) is 4.72. The second-order valence-corrected chi connectivity index (χ2v) is 4.55. The molecule has 18 heavy (non-hydrogen) atoms. The molecule has 1 aromatic carbocycles. The molecule has 0 bridgehead atoms. The summed E-state index contributed by atoms with van der Waals surface area (Å²) in [6.07, 6.45) is 0. The molecule has 1 aliphatic heterocycles. The van der Waals surface area contributed by atoms with Crippen LogP contribution in [0.3, 0.4) is 0 Å². The van der Waals surface area contributed by atoms with E-state index in [0.717, 1.165) is 38.3 Å². The van der Waals surface area contributed by atoms with Gasteiger partial charge in [-0.05, 0) is 17.7 Å². The molecule has 1 aliphatic rings. The van der Waals surface area contributed by atoms with E-state index < -0.39 is 0 Å². The number of benzene rings is 1. The van der Waals surface area contributed by atoms with Crippen LogP contribution in [0.5, 0.6) is 5.75 Å². The Balaban J connectivity index is 1.99. The van der Waals surface area contributed by atoms with Gasteiger partial charge in [0.25, 0.3) is 0 Å². The van der Waals surface area contributed by atoms with Gasteiger partial charge in [-0.2, -0.15) is 0 Å². The third-order valence-electron chi connectivity index (χ3n) is 3.27. The van der Waals surface area contributed by atoms with Crippen LogP contribution in [0.15, 0.2) is 18.2 Å². The summed E-state index contributed by atoms with van der Waals surface area (Å²) in [5.41, 5.74) is 6.93. The van der Waals surface area contributed by atoms with Gasteiger partial charge >= 0.3 is 0 Å². The number of halogens is 1. The molecule has 1 atom stereocenters. The summed E-state index contributed by atoms with van der Waals surface area (Å²) in [6, 6.07) is 4.76. The van der Waals surface area contributed by atoms with E-state index >= 15 is 0 Å². The fraction of sp³-hybridized carbons (Fsp3) is 0.538. The van der Waals surface area contributed by atoms with Gasteiger partial charge in [-0.25, -0.2) is 4.39 Å². The van der Waals surface area contributed by atoms with Crippen molar-refractivity contribution in [2.45, 2.75) is 6.04 Å². The van der Waals surface area contributed by atoms with E-state index in [1.807, 2.05) is 6.07 Å². The van der Waals surface area contributed by atoms with E-state index in [0.29, 0.717) is 0 Å². The topological polar surface area (TPSA) is 50.5 Å². The van der Waals surface area contributed by atoms with Gasteiger partial charge in [0.1, 0.15) is 0 Å². The summed E-state index contributed by atoms with van der Waals surface area (Å²) >= 11 is 0. The minimum Gasteiger partial charge on any atom is -0.494 e. The second kappa shape index (κ2) is 6.13. The van der Waals surface area contributed by atoms with E-state index in [4.69, 9.17) is 10.5 Å². The SMILES string of the molecule is COc1ccc(C(N)CN2CCNCC2)cc1F. The maximum absolute atomic E-state index is 13.6. The summed E-state index contributed by atoms with van der Waals surface area (Å²) in [5.74, 6) is -0.0983. The molecule has 4 nitrogen and oxygen atoms in total. The van der Waals surface area contributed by atoms with E-state index in [1.54, 1.807) is 6.07 Å². The van der Waals surface area contributed by atoms with E-state index in [9.17, 15) is 4.39 Å². The molecule has 3 N–H and O–H groups in total. The quantitative estimate of drug-likeness (QED) is 0.831. The zero-order valence-corrected chi connectivity index (χ0v) is 10.7. The lowest BCUT2D eigenvalue weighted by molar-refractivity contribution is 0.228. The zero-order valence-electron chi connectivity index (χ0n) is 10.7. The van der Waals surface area contributed by atoms with Gasteiger partial charge in [-0.15, -0.1) is 0 Å². The Bertz CT molecular complexity index is 394. The van der Waals surface area contributed by atoms with Gasteiger partial charge in [0.05, 0.1) is 7.11 Å². The molecule has 0 aliphatic carbocycles. The Morgan fingerprint density at radius 2 is 2.17 bits per heavy atom. The highest BCUT2D eigenvalue weighted by atomic mass is 19.1. The van der Waals surface area contributed by atoms with Crippen molar-refractivity contribution in [3.63, 3.8) is 0 Å². The number of hydrogen-bond acceptors (Lipinski definition) is 4. The minimum absolute atomic E-state index is 0.163. The average molecular weight is 253 g/mol. The number of ether oxygens (including phenoxy) is 1. The molecule has 1 fully saturated rings. The van der Waals surface area contributed by atoms with Crippen LogP contribution in [0, 0.1) is 5.82 Å². The van der Waals surface area contributed by atoms with Crippen LogP contribution in [-0.2, 0) is 0 Å². The first-order valence-electron chi connectivity index (χ1n) is 6.23. The lowest BCUT2D eigenvalue weighted by Gasteiger charge is -2.29. The molecule has 2 rings (SSSR count). The van der Waals surface area contributed by atoms with Crippen LogP contribution in [0.4, 0.5) is 4.39 Å². The van der Waals surface area contributed by atoms with Crippen molar-refractivity contribution in [1.29, 1.82) is 0 Å². The molecule has 0 aromatic heterocycles. The van der Waals surface area contributed by atoms with Gasteiger partial charge in [-0.3, -0.25) is 4.90 Å². The first kappa shape index (κ1) is 13.3. The highest BCUT2D eigenvalue weighted by Crippen LogP contribution is 2.21. The molecule has 5 heteroatoms. The Kier molecular flexibility index (Phi) is 4.52. The highest BCUT2D eigenvalue weighted by molar-refractivity contribution is 5.31. The third-order valence-corrected chi connectivity index (χ3v) is 3.27. The number of nitrogens with two attached hydrogens (primary N) is 1. The minimum atomic E-state index is -0.356. The number of hydrogen-bond donors (Lipinski definition) is 2. The number of nitrogens with zero attached hydrogens (tertiary/aromatic N) is 1. The lowest BCUT2D eigenvalue weighted by atomic mass is 10.1. The van der Waals surface area contributed by atoms with Crippen molar-refractivity contribution in [1.82, 2.24) is 10.2 Å². The maximum Gasteiger partial charge on any atom is 0.165 e. The first-order valence-corrected chi connectivity index (χ1v) is 6.23. The smallest absolute Gasteiger partial charge is 0.165 e. The molecule has 0 saturated carbocycles. The van der Waals surface area contributed by atoms with E-state index in [-0.39, 0.29) is 17.6 Å². The van der Waals surface area contributed by atoms with Gasteiger partial charge in [0, 0.05) is 38.8 Å². The normalized spacial score (nSPS) is 18.6. The molecule has 100 valence electrons. The molecule has 0 radical (unpaired) electrons. The van der Waals surface area contributed by atoms with Gasteiger partial charge in [0.2, 0.25) is 0 Å². The summed E-state index contributed by atoms with van der Waals surface area (Å²) in [5, 5.41) is 3.29. The van der Waals surface area contributed by atoms with Crippen molar-refractivity contribution in [3.8, 4) is 5.75 Å². The van der Waals surface area contributed by atoms with Crippen LogP contribution in [0.2, 0.25) is 0 Å². The Morgan fingerprint density at radius 1 is 1.44 bits per heavy atom. The van der Waals surface area contributed by atoms with Gasteiger partial charge in [-0.1, -0.05) is 6.07 Å². The second-order valence-electron chi connectivity index (χ2n) is 4.55. The van der Waals surface area contributed by atoms with Crippen LogP contribution in [-0.4, -0.2) is 44.7 Å². The summed E-state index contributed by atoms with van der Waals surface area (Å²) in [7, 11) is 1.46. The molecule has 0 amide bonds. The summed E-state index contributed by atoms with van der Waals surface area (Å²) in [4.78, 5) is 2.29. The Hall–Kier alpha value is -1.17. The molecule has 1 aromatic rings. The lowest BCUT2D eigenvalue weighted by Crippen LogP contribution is -2.45. The monoisotopic (exact) mass is 253 g/mol. The fourth-order valence-corrected chi connectivity index (χ4v) is 2.19. The third kappa shape index (κ3) is 3.19. The predicted molar refractivity (Wildman–Crippen MR) is 69.2 cm³/mol. The standard InChI is InChI=1S/C13H20FN3O/c1-18-13-3-2-10(8-11(13)14)12(15)9-17-6-4-16-5-7-17/h2-3,8,12,16H,4-7,9,15H2,1H3. The Morgan fingerprint density at radius 3 is 2.78 bits per heavy atom. The van der Waals surface area contributed by atoms with Crippen molar-refractivity contribution in [2.75, 3.05) is 39.8 Å². The fourth-order valence-electron chi connectivity index (χ4n) is 2.19. The van der Waals surface area contributed by atoms with Crippen LogP contribution < -0.4 is 15.8 Å². The van der Waals surface area contributed by atoms with Crippen molar-refractivity contribution in [2.24, 2.45) is 5.73 Å². The van der Waals surface area contributed by atoms with E-state index in [2.05, 4.69) is 10.2 Å². The van der Waals surface area contributed by atoms with Crippen LogP contribution in [0.25, 0.3) is 0 Å². The van der Waals surface area contributed by atoms with Gasteiger partial charge < -0.3 is 15.8 Å². The Labute approximate surface area is 107 Å². The highest BCUT2D eigenvalue weighted by Gasteiger charge is 2.15. The maximum atomic E-state index is 13.6. The van der Waals surface area contributed by atoms with Crippen molar-refractivity contribution < 1.29 is 9.13 Å². The van der Waals surface area contributed by atoms with Crippen LogP contribution in [0.1, 0.15) is 11.6 Å². The first-order chi connectivity index (χ1) is 8.70. The molecular formula is C13H20FN3O. The van der Waals surface area contributed by atoms with Gasteiger partial charge in [0.15, 0.2) is 11.6 Å². The average Bonchev–Trinajstić information content (AvgIpc) is 2.39. The van der Waals surface area contributed by atoms with Crippen LogP contribution >= 0.6 is 0 Å². The number of nitrogens with one attached hydrogen (secondary N) is 1.